The molecule has 5 rings (SSSR count). The maximum atomic E-state index is 13.0. The number of hydrogen-bond donors (Lipinski definition) is 3. The number of anilines is 3. The number of benzene rings is 3. The fraction of sp³-hybridized carbons (Fsp3) is 0.0455. The van der Waals surface area contributed by atoms with Gasteiger partial charge in [-0.05, 0) is 54.6 Å². The van der Waals surface area contributed by atoms with E-state index in [0.29, 0.717) is 38.5 Å². The second-order valence-corrected chi connectivity index (χ2v) is 9.35. The molecule has 12 heteroatoms. The van der Waals surface area contributed by atoms with Crippen LogP contribution in [0.5, 0.6) is 11.8 Å². The van der Waals surface area contributed by atoms with Crippen LogP contribution in [0.15, 0.2) is 65.6 Å². The largest absolute Gasteiger partial charge is 0.846 e. The van der Waals surface area contributed by atoms with E-state index in [-0.39, 0.29) is 16.5 Å². The summed E-state index contributed by atoms with van der Waals surface area (Å²) in [6.07, 6.45) is 0. The van der Waals surface area contributed by atoms with E-state index in [1.54, 1.807) is 36.4 Å². The Bertz CT molecular complexity index is 1640. The van der Waals surface area contributed by atoms with Gasteiger partial charge in [-0.25, -0.2) is 23.4 Å². The van der Waals surface area contributed by atoms with Gasteiger partial charge in [-0.3, -0.25) is 4.72 Å². The minimum Gasteiger partial charge on any atom is -0.846 e. The van der Waals surface area contributed by atoms with Gasteiger partial charge in [0.15, 0.2) is 11.6 Å². The lowest BCUT2D eigenvalue weighted by Gasteiger charge is -2.14. The molecule has 3 N–H and O–H groups in total. The van der Waals surface area contributed by atoms with E-state index in [1.165, 1.54) is 31.4 Å². The molecule has 0 aliphatic rings. The zero-order valence-corrected chi connectivity index (χ0v) is 19.1. The van der Waals surface area contributed by atoms with Crippen LogP contribution in [0, 0.1) is 0 Å². The molecule has 2 heterocycles. The Balaban J connectivity index is 1.59. The van der Waals surface area contributed by atoms with E-state index >= 15 is 0 Å². The number of sulfonamides is 1. The van der Waals surface area contributed by atoms with E-state index in [4.69, 9.17) is 16.3 Å². The summed E-state index contributed by atoms with van der Waals surface area (Å²) >= 11 is 5.89. The molecule has 3 aromatic carbocycles. The highest BCUT2D eigenvalue weighted by Gasteiger charge is 2.19. The van der Waals surface area contributed by atoms with Crippen molar-refractivity contribution in [2.75, 3.05) is 17.1 Å². The molecule has 0 saturated carbocycles. The van der Waals surface area contributed by atoms with E-state index < -0.39 is 16.0 Å². The molecule has 0 fully saturated rings. The van der Waals surface area contributed by atoms with Gasteiger partial charge in [-0.1, -0.05) is 11.6 Å². The van der Waals surface area contributed by atoms with Gasteiger partial charge in [0.1, 0.15) is 5.75 Å². The van der Waals surface area contributed by atoms with Gasteiger partial charge in [0.2, 0.25) is 0 Å². The van der Waals surface area contributed by atoms with Crippen LogP contribution in [0.3, 0.4) is 0 Å². The van der Waals surface area contributed by atoms with Gasteiger partial charge in [-0.2, -0.15) is 0 Å². The number of H-pyrrole nitrogens is 1. The first kappa shape index (κ1) is 21.7. The quantitative estimate of drug-likeness (QED) is 0.322. The van der Waals surface area contributed by atoms with Crippen LogP contribution in [-0.2, 0) is 10.0 Å². The Morgan fingerprint density at radius 3 is 2.41 bits per heavy atom. The van der Waals surface area contributed by atoms with Crippen molar-refractivity contribution in [3.8, 4) is 11.8 Å². The van der Waals surface area contributed by atoms with Crippen molar-refractivity contribution in [1.82, 2.24) is 19.9 Å². The fourth-order valence-corrected chi connectivity index (χ4v) is 4.46. The number of aromatic amines is 1. The van der Waals surface area contributed by atoms with Crippen LogP contribution < -0.4 is 19.9 Å². The average molecular weight is 496 g/mol. The number of hydrogen-bond acceptors (Lipinski definition) is 8. The standard InChI is InChI=1S/C22H17ClN6O4S/c1-33-14-5-9-16-19(11-14)26-20(24-13-4-8-17-18(10-13)28-22(30)27-17)21(25-16)29-34(31,32)15-6-2-12(23)3-7-15/h2-11H,1H3,(H,24,26)(H,25,29)(H2,27,28,30)/p-1. The molecule has 0 saturated heterocycles. The first-order valence-corrected chi connectivity index (χ1v) is 11.7. The summed E-state index contributed by atoms with van der Waals surface area (Å²) in [4.78, 5) is 15.5. The van der Waals surface area contributed by atoms with Crippen molar-refractivity contribution in [1.29, 1.82) is 0 Å². The lowest BCUT2D eigenvalue weighted by Crippen LogP contribution is -2.16. The second-order valence-electron chi connectivity index (χ2n) is 7.23. The summed E-state index contributed by atoms with van der Waals surface area (Å²) < 4.78 is 33.8. The number of halogens is 1. The van der Waals surface area contributed by atoms with Crippen molar-refractivity contribution in [2.45, 2.75) is 4.90 Å². The van der Waals surface area contributed by atoms with Gasteiger partial charge in [0.25, 0.3) is 10.0 Å². The second kappa shape index (κ2) is 8.36. The molecule has 172 valence electrons. The normalized spacial score (nSPS) is 11.6. The average Bonchev–Trinajstić information content (AvgIpc) is 3.18. The number of imidazole rings is 1. The molecule has 0 amide bonds. The molecule has 0 atom stereocenters. The highest BCUT2D eigenvalue weighted by Crippen LogP contribution is 2.30. The zero-order chi connectivity index (χ0) is 23.9. The van der Waals surface area contributed by atoms with E-state index in [2.05, 4.69) is 30.0 Å². The maximum absolute atomic E-state index is 13.0. The number of rotatable bonds is 6. The third kappa shape index (κ3) is 4.26. The van der Waals surface area contributed by atoms with Crippen LogP contribution in [0.1, 0.15) is 0 Å². The molecule has 0 aliphatic carbocycles. The summed E-state index contributed by atoms with van der Waals surface area (Å²) in [5, 5.41) is 15.0. The number of nitrogens with one attached hydrogen (secondary N) is 3. The highest BCUT2D eigenvalue weighted by molar-refractivity contribution is 7.92. The summed E-state index contributed by atoms with van der Waals surface area (Å²) in [5.41, 5.74) is 2.52. The minimum absolute atomic E-state index is 0.0122. The fourth-order valence-electron chi connectivity index (χ4n) is 3.32. The maximum Gasteiger partial charge on any atom is 0.263 e. The number of methoxy groups -OCH3 is 1. The lowest BCUT2D eigenvalue weighted by molar-refractivity contribution is -0.280. The predicted octanol–water partition coefficient (Wildman–Crippen LogP) is 3.79. The SMILES string of the molecule is COc1ccc2nc(NS(=O)(=O)c3ccc(Cl)cc3)c(Nc3ccc4nc([O-])[nH]c4c3)nc2c1. The molecule has 0 aliphatic heterocycles. The first-order valence-electron chi connectivity index (χ1n) is 9.89. The number of fused-ring (bicyclic) bond motifs is 2. The molecular formula is C22H16ClN6O4S-. The van der Waals surface area contributed by atoms with E-state index in [1.807, 2.05) is 0 Å². The topological polar surface area (TPSA) is 145 Å². The lowest BCUT2D eigenvalue weighted by atomic mass is 10.2. The van der Waals surface area contributed by atoms with Crippen molar-refractivity contribution in [3.63, 3.8) is 0 Å². The monoisotopic (exact) mass is 495 g/mol. The summed E-state index contributed by atoms with van der Waals surface area (Å²) in [6, 6.07) is 15.4. The van der Waals surface area contributed by atoms with Gasteiger partial charge < -0.3 is 20.1 Å². The smallest absolute Gasteiger partial charge is 0.263 e. The van der Waals surface area contributed by atoms with E-state index in [9.17, 15) is 13.5 Å². The Kier molecular flexibility index (Phi) is 5.34. The third-order valence-corrected chi connectivity index (χ3v) is 6.56. The summed E-state index contributed by atoms with van der Waals surface area (Å²) in [7, 11) is -2.46. The van der Waals surface area contributed by atoms with Crippen LogP contribution in [0.2, 0.25) is 5.02 Å². The molecule has 10 nitrogen and oxygen atoms in total. The predicted molar refractivity (Wildman–Crippen MR) is 127 cm³/mol. The van der Waals surface area contributed by atoms with Gasteiger partial charge >= 0.3 is 0 Å². The number of ether oxygens (including phenoxy) is 1. The van der Waals surface area contributed by atoms with Crippen LogP contribution in [0.4, 0.5) is 17.3 Å². The van der Waals surface area contributed by atoms with Crippen LogP contribution in [-0.4, -0.2) is 35.5 Å². The van der Waals surface area contributed by atoms with Crippen LogP contribution in [0.25, 0.3) is 22.1 Å². The molecule has 5 aromatic rings. The molecule has 0 unspecified atom stereocenters. The van der Waals surface area contributed by atoms with E-state index in [0.717, 1.165) is 0 Å². The van der Waals surface area contributed by atoms with Crippen molar-refractivity contribution in [2.24, 2.45) is 0 Å². The Morgan fingerprint density at radius 1 is 0.912 bits per heavy atom. The Labute approximate surface area is 198 Å². The molecular weight excluding hydrogens is 480 g/mol. The summed E-state index contributed by atoms with van der Waals surface area (Å²) in [6.45, 7) is 0. The molecule has 2 aromatic heterocycles. The highest BCUT2D eigenvalue weighted by atomic mass is 35.5. The third-order valence-electron chi connectivity index (χ3n) is 4.95. The van der Waals surface area contributed by atoms with Crippen molar-refractivity contribution < 1.29 is 18.3 Å². The van der Waals surface area contributed by atoms with Crippen molar-refractivity contribution >= 4 is 61.0 Å². The van der Waals surface area contributed by atoms with Gasteiger partial charge in [0.05, 0.1) is 40.1 Å². The first-order chi connectivity index (χ1) is 16.3. The Morgan fingerprint density at radius 2 is 1.65 bits per heavy atom. The minimum atomic E-state index is -3.99. The molecule has 34 heavy (non-hydrogen) atoms. The number of aromatic nitrogens is 4. The zero-order valence-electron chi connectivity index (χ0n) is 17.5. The number of nitrogens with zero attached hydrogens (tertiary/aromatic N) is 3. The Hall–Kier alpha value is -4.09. The van der Waals surface area contributed by atoms with Crippen LogP contribution >= 0.6 is 11.6 Å². The summed E-state index contributed by atoms with van der Waals surface area (Å²) in [5.74, 6) is 0.713. The van der Waals surface area contributed by atoms with Gasteiger partial charge in [0, 0.05) is 16.8 Å². The molecule has 0 spiro atoms. The van der Waals surface area contributed by atoms with Gasteiger partial charge in [-0.15, -0.1) is 0 Å². The molecule has 0 bridgehead atoms. The van der Waals surface area contributed by atoms with Crippen molar-refractivity contribution in [3.05, 3.63) is 65.7 Å². The molecule has 0 radical (unpaired) electrons.